The first kappa shape index (κ1) is 9.13. The van der Waals surface area contributed by atoms with Crippen LogP contribution in [0.5, 0.6) is 0 Å². The van der Waals surface area contributed by atoms with Crippen molar-refractivity contribution < 1.29 is 13.2 Å². The third kappa shape index (κ3) is 1.37. The molecular weight excluding hydrogens is 219 g/mol. The molecule has 0 atom stereocenters. The van der Waals surface area contributed by atoms with E-state index in [0.717, 1.165) is 12.3 Å². The number of hydrogen-bond acceptors (Lipinski definition) is 4. The maximum atomic E-state index is 12.2. The summed E-state index contributed by atoms with van der Waals surface area (Å²) in [6.07, 6.45) is -3.39. The Morgan fingerprint density at radius 3 is 2.71 bits per heavy atom. The highest BCUT2D eigenvalue weighted by Crippen LogP contribution is 2.31. The molecule has 0 fully saturated rings. The van der Waals surface area contributed by atoms with Crippen LogP contribution in [0.1, 0.15) is 5.01 Å². The molecule has 0 aromatic carbocycles. The van der Waals surface area contributed by atoms with E-state index in [1.54, 1.807) is 0 Å². The Balaban J connectivity index is 2.75. The Hall–Kier alpha value is -1.44. The summed E-state index contributed by atoms with van der Waals surface area (Å²) in [5.41, 5.74) is -0.623. The van der Waals surface area contributed by atoms with Crippen molar-refractivity contribution in [3.05, 3.63) is 27.6 Å². The smallest absolute Gasteiger partial charge is 0.267 e. The second-order valence-electron chi connectivity index (χ2n) is 2.38. The summed E-state index contributed by atoms with van der Waals surface area (Å²) in [7, 11) is 0. The molecule has 0 saturated heterocycles. The van der Waals surface area contributed by atoms with E-state index in [9.17, 15) is 18.0 Å². The number of rotatable bonds is 0. The minimum absolute atomic E-state index is 0.0650. The maximum Gasteiger partial charge on any atom is 0.445 e. The lowest BCUT2D eigenvalue weighted by molar-refractivity contribution is -0.138. The molecule has 0 radical (unpaired) electrons. The predicted octanol–water partition coefficient (Wildman–Crippen LogP) is 1.17. The van der Waals surface area contributed by atoms with E-state index in [2.05, 4.69) is 10.1 Å². The van der Waals surface area contributed by atoms with E-state index in [1.807, 2.05) is 0 Å². The van der Waals surface area contributed by atoms with Crippen LogP contribution >= 0.6 is 11.3 Å². The van der Waals surface area contributed by atoms with Crippen LogP contribution in [0.15, 0.2) is 17.1 Å². The first-order valence-corrected chi connectivity index (χ1v) is 4.22. The van der Waals surface area contributed by atoms with Gasteiger partial charge in [-0.25, -0.2) is 4.98 Å². The number of nitrogens with zero attached hydrogens (tertiary/aromatic N) is 3. The highest BCUT2D eigenvalue weighted by Gasteiger charge is 2.35. The molecule has 8 heteroatoms. The molecule has 0 N–H and O–H groups in total. The van der Waals surface area contributed by atoms with E-state index in [4.69, 9.17) is 0 Å². The summed E-state index contributed by atoms with van der Waals surface area (Å²) in [4.78, 5) is 14.5. The largest absolute Gasteiger partial charge is 0.445 e. The molecule has 0 amide bonds. The van der Waals surface area contributed by atoms with Crippen molar-refractivity contribution >= 4 is 16.3 Å². The van der Waals surface area contributed by atoms with Crippen LogP contribution in [-0.2, 0) is 6.18 Å². The van der Waals surface area contributed by atoms with Crippen LogP contribution in [0.3, 0.4) is 0 Å². The van der Waals surface area contributed by atoms with Gasteiger partial charge in [-0.05, 0) is 0 Å². The average molecular weight is 221 g/mol. The van der Waals surface area contributed by atoms with Gasteiger partial charge in [-0.2, -0.15) is 17.7 Å². The first-order chi connectivity index (χ1) is 6.48. The topological polar surface area (TPSA) is 47.3 Å². The van der Waals surface area contributed by atoms with Gasteiger partial charge in [0.1, 0.15) is 0 Å². The second-order valence-corrected chi connectivity index (χ2v) is 3.34. The third-order valence-electron chi connectivity index (χ3n) is 1.41. The molecule has 0 aliphatic rings. The van der Waals surface area contributed by atoms with Gasteiger partial charge in [0.05, 0.1) is 0 Å². The SMILES string of the molecule is O=c1ccnc2sc(C(F)(F)F)nn12. The fraction of sp³-hybridized carbons (Fsp3) is 0.167. The summed E-state index contributed by atoms with van der Waals surface area (Å²) in [6.45, 7) is 0. The molecule has 2 aromatic heterocycles. The standard InChI is InChI=1S/C6H2F3N3OS/c7-6(8,9)4-11-12-3(13)1-2-10-5(12)14-4/h1-2H. The van der Waals surface area contributed by atoms with E-state index < -0.39 is 16.7 Å². The fourth-order valence-corrected chi connectivity index (χ4v) is 1.60. The van der Waals surface area contributed by atoms with Crippen LogP contribution in [0.4, 0.5) is 13.2 Å². The number of aromatic nitrogens is 3. The molecule has 0 spiro atoms. The molecule has 0 aliphatic carbocycles. The van der Waals surface area contributed by atoms with Crippen molar-refractivity contribution in [1.82, 2.24) is 14.6 Å². The van der Waals surface area contributed by atoms with Crippen molar-refractivity contribution in [1.29, 1.82) is 0 Å². The van der Waals surface area contributed by atoms with Crippen LogP contribution in [0.25, 0.3) is 4.96 Å². The van der Waals surface area contributed by atoms with Gasteiger partial charge in [-0.1, -0.05) is 11.3 Å². The Labute approximate surface area is 78.6 Å². The van der Waals surface area contributed by atoms with Gasteiger partial charge in [0.15, 0.2) is 0 Å². The monoisotopic (exact) mass is 221 g/mol. The van der Waals surface area contributed by atoms with Crippen molar-refractivity contribution in [2.45, 2.75) is 6.18 Å². The normalized spacial score (nSPS) is 12.2. The quantitative estimate of drug-likeness (QED) is 0.670. The Morgan fingerprint density at radius 2 is 2.14 bits per heavy atom. The van der Waals surface area contributed by atoms with Gasteiger partial charge in [0.25, 0.3) is 5.56 Å². The lowest BCUT2D eigenvalue weighted by Crippen LogP contribution is -2.14. The van der Waals surface area contributed by atoms with Gasteiger partial charge >= 0.3 is 6.18 Å². The molecule has 14 heavy (non-hydrogen) atoms. The highest BCUT2D eigenvalue weighted by molar-refractivity contribution is 7.16. The van der Waals surface area contributed by atoms with E-state index >= 15 is 0 Å². The van der Waals surface area contributed by atoms with Crippen molar-refractivity contribution in [3.8, 4) is 0 Å². The van der Waals surface area contributed by atoms with E-state index in [0.29, 0.717) is 15.9 Å². The molecule has 2 rings (SSSR count). The molecule has 0 unspecified atom stereocenters. The van der Waals surface area contributed by atoms with Crippen LogP contribution in [-0.4, -0.2) is 14.6 Å². The lowest BCUT2D eigenvalue weighted by atomic mass is 10.7. The van der Waals surface area contributed by atoms with Gasteiger partial charge in [0.2, 0.25) is 9.97 Å². The summed E-state index contributed by atoms with van der Waals surface area (Å²) < 4.78 is 37.1. The fourth-order valence-electron chi connectivity index (χ4n) is 0.858. The Kier molecular flexibility index (Phi) is 1.81. The predicted molar refractivity (Wildman–Crippen MR) is 42.1 cm³/mol. The summed E-state index contributed by atoms with van der Waals surface area (Å²) in [5.74, 6) is 0. The third-order valence-corrected chi connectivity index (χ3v) is 2.38. The van der Waals surface area contributed by atoms with Crippen molar-refractivity contribution in [3.63, 3.8) is 0 Å². The summed E-state index contributed by atoms with van der Waals surface area (Å²) in [5, 5.41) is 2.04. The minimum atomic E-state index is -4.54. The number of alkyl halides is 3. The van der Waals surface area contributed by atoms with Crippen LogP contribution < -0.4 is 5.56 Å². The zero-order valence-corrected chi connectivity index (χ0v) is 7.26. The second kappa shape index (κ2) is 2.77. The molecule has 0 aliphatic heterocycles. The minimum Gasteiger partial charge on any atom is -0.267 e. The zero-order valence-electron chi connectivity index (χ0n) is 6.45. The van der Waals surface area contributed by atoms with E-state index in [-0.39, 0.29) is 4.96 Å². The Bertz CT molecular complexity index is 529. The van der Waals surface area contributed by atoms with Gasteiger partial charge < -0.3 is 0 Å². The van der Waals surface area contributed by atoms with E-state index in [1.165, 1.54) is 0 Å². The van der Waals surface area contributed by atoms with Gasteiger partial charge in [0, 0.05) is 12.3 Å². The van der Waals surface area contributed by atoms with Gasteiger partial charge in [-0.15, -0.1) is 5.10 Å². The number of hydrogen-bond donors (Lipinski definition) is 0. The molecule has 0 bridgehead atoms. The zero-order chi connectivity index (χ0) is 10.3. The maximum absolute atomic E-state index is 12.2. The van der Waals surface area contributed by atoms with Crippen LogP contribution in [0.2, 0.25) is 0 Å². The molecular formula is C6H2F3N3OS. The number of halogens is 3. The average Bonchev–Trinajstić information content (AvgIpc) is 2.48. The Morgan fingerprint density at radius 1 is 1.43 bits per heavy atom. The molecule has 0 saturated carbocycles. The summed E-state index contributed by atoms with van der Waals surface area (Å²) in [6, 6.07) is 1.05. The lowest BCUT2D eigenvalue weighted by Gasteiger charge is -1.97. The highest BCUT2D eigenvalue weighted by atomic mass is 32.1. The van der Waals surface area contributed by atoms with Crippen molar-refractivity contribution in [2.24, 2.45) is 0 Å². The van der Waals surface area contributed by atoms with Gasteiger partial charge in [-0.3, -0.25) is 4.79 Å². The number of fused-ring (bicyclic) bond motifs is 1. The molecule has 2 aromatic rings. The summed E-state index contributed by atoms with van der Waals surface area (Å²) >= 11 is 0.334. The molecule has 74 valence electrons. The molecule has 4 nitrogen and oxygen atoms in total. The van der Waals surface area contributed by atoms with Crippen LogP contribution in [0, 0.1) is 0 Å². The first-order valence-electron chi connectivity index (χ1n) is 3.40. The molecule has 2 heterocycles. The van der Waals surface area contributed by atoms with Crippen molar-refractivity contribution in [2.75, 3.05) is 0 Å².